The minimum Gasteiger partial charge on any atom is -0.444 e. The summed E-state index contributed by atoms with van der Waals surface area (Å²) in [5, 5.41) is 22.9. The van der Waals surface area contributed by atoms with E-state index < -0.39 is 23.9 Å². The molecule has 0 saturated heterocycles. The normalized spacial score (nSPS) is 14.3. The van der Waals surface area contributed by atoms with Gasteiger partial charge in [0.15, 0.2) is 0 Å². The van der Waals surface area contributed by atoms with Crippen LogP contribution in [0.25, 0.3) is 0 Å². The molecule has 0 saturated carbocycles. The second kappa shape index (κ2) is 7.97. The topological polar surface area (TPSA) is 91.7 Å². The van der Waals surface area contributed by atoms with Crippen molar-refractivity contribution in [3.63, 3.8) is 0 Å². The molecule has 0 aliphatic carbocycles. The van der Waals surface area contributed by atoms with Gasteiger partial charge in [0.25, 0.3) is 0 Å². The number of alkyl carbamates (subject to hydrolysis) is 1. The SMILES string of the molecule is CC(C)(C)OC(=O)NCCC(O)C(O)c1cc(Cl)cnc1Cl. The van der Waals surface area contributed by atoms with Gasteiger partial charge in [-0.15, -0.1) is 0 Å². The Hall–Kier alpha value is -1.08. The number of carbonyl (C=O) groups is 1. The zero-order chi connectivity index (χ0) is 16.9. The number of nitrogens with one attached hydrogen (secondary N) is 1. The Kier molecular flexibility index (Phi) is 6.87. The lowest BCUT2D eigenvalue weighted by Gasteiger charge is -2.21. The number of carbonyl (C=O) groups excluding carboxylic acids is 1. The van der Waals surface area contributed by atoms with Crippen molar-refractivity contribution in [2.75, 3.05) is 6.54 Å². The van der Waals surface area contributed by atoms with Gasteiger partial charge in [-0.05, 0) is 33.3 Å². The number of rotatable bonds is 5. The van der Waals surface area contributed by atoms with Crippen LogP contribution in [0, 0.1) is 0 Å². The number of halogens is 2. The number of aliphatic hydroxyl groups is 2. The van der Waals surface area contributed by atoms with Crippen LogP contribution in [0.3, 0.4) is 0 Å². The molecule has 0 bridgehead atoms. The van der Waals surface area contributed by atoms with Gasteiger partial charge in [0.05, 0.1) is 11.1 Å². The van der Waals surface area contributed by atoms with E-state index in [0.29, 0.717) is 5.02 Å². The molecule has 0 aliphatic heterocycles. The van der Waals surface area contributed by atoms with Crippen molar-refractivity contribution in [1.82, 2.24) is 10.3 Å². The molecule has 1 aromatic rings. The van der Waals surface area contributed by atoms with Gasteiger partial charge in [-0.1, -0.05) is 23.2 Å². The average Bonchev–Trinajstić information content (AvgIpc) is 2.38. The van der Waals surface area contributed by atoms with Crippen molar-refractivity contribution < 1.29 is 19.7 Å². The van der Waals surface area contributed by atoms with Crippen molar-refractivity contribution in [2.24, 2.45) is 0 Å². The van der Waals surface area contributed by atoms with E-state index in [1.54, 1.807) is 20.8 Å². The van der Waals surface area contributed by atoms with E-state index in [9.17, 15) is 15.0 Å². The van der Waals surface area contributed by atoms with Crippen molar-refractivity contribution in [2.45, 2.75) is 45.0 Å². The minimum absolute atomic E-state index is 0.0658. The molecule has 0 aliphatic rings. The van der Waals surface area contributed by atoms with Crippen LogP contribution < -0.4 is 5.32 Å². The fourth-order valence-electron chi connectivity index (χ4n) is 1.65. The number of ether oxygens (including phenoxy) is 1. The lowest BCUT2D eigenvalue weighted by atomic mass is 10.0. The van der Waals surface area contributed by atoms with E-state index in [2.05, 4.69) is 10.3 Å². The van der Waals surface area contributed by atoms with Crippen molar-refractivity contribution in [1.29, 1.82) is 0 Å². The first-order valence-electron chi connectivity index (χ1n) is 6.74. The fraction of sp³-hybridized carbons (Fsp3) is 0.571. The number of aliphatic hydroxyl groups excluding tert-OH is 2. The van der Waals surface area contributed by atoms with Gasteiger partial charge < -0.3 is 20.3 Å². The quantitative estimate of drug-likeness (QED) is 0.710. The standard InChI is InChI=1S/C14H20Cl2N2O4/c1-14(2,3)22-13(21)17-5-4-10(19)11(20)9-6-8(15)7-18-12(9)16/h6-7,10-11,19-20H,4-5H2,1-3H3,(H,17,21). The van der Waals surface area contributed by atoms with Gasteiger partial charge in [-0.2, -0.15) is 0 Å². The Balaban J connectivity index is 2.50. The molecular weight excluding hydrogens is 331 g/mol. The number of amides is 1. The molecule has 2 atom stereocenters. The van der Waals surface area contributed by atoms with Crippen LogP contribution in [-0.4, -0.2) is 39.5 Å². The van der Waals surface area contributed by atoms with Crippen molar-refractivity contribution >= 4 is 29.3 Å². The van der Waals surface area contributed by atoms with Gasteiger partial charge >= 0.3 is 6.09 Å². The van der Waals surface area contributed by atoms with Crippen LogP contribution >= 0.6 is 23.2 Å². The van der Waals surface area contributed by atoms with E-state index in [4.69, 9.17) is 27.9 Å². The number of aromatic nitrogens is 1. The third kappa shape index (κ3) is 6.36. The molecule has 6 nitrogen and oxygen atoms in total. The van der Waals surface area contributed by atoms with Crippen molar-refractivity contribution in [3.05, 3.63) is 28.0 Å². The van der Waals surface area contributed by atoms with Gasteiger partial charge in [0.2, 0.25) is 0 Å². The highest BCUT2D eigenvalue weighted by molar-refractivity contribution is 6.32. The van der Waals surface area contributed by atoms with E-state index >= 15 is 0 Å². The molecule has 8 heteroatoms. The summed E-state index contributed by atoms with van der Waals surface area (Å²) < 4.78 is 5.06. The first kappa shape index (κ1) is 19.0. The molecule has 1 aromatic heterocycles. The monoisotopic (exact) mass is 350 g/mol. The molecule has 0 fully saturated rings. The van der Waals surface area contributed by atoms with Crippen LogP contribution in [-0.2, 0) is 4.74 Å². The Morgan fingerprint density at radius 1 is 1.41 bits per heavy atom. The molecular formula is C14H20Cl2N2O4. The highest BCUT2D eigenvalue weighted by Crippen LogP contribution is 2.27. The minimum atomic E-state index is -1.25. The summed E-state index contributed by atoms with van der Waals surface area (Å²) in [4.78, 5) is 15.3. The Morgan fingerprint density at radius 3 is 2.64 bits per heavy atom. The summed E-state index contributed by atoms with van der Waals surface area (Å²) in [7, 11) is 0. The number of pyridine rings is 1. The van der Waals surface area contributed by atoms with Gasteiger partial charge in [-0.25, -0.2) is 9.78 Å². The third-order valence-corrected chi connectivity index (χ3v) is 3.15. The maximum absolute atomic E-state index is 11.5. The molecule has 22 heavy (non-hydrogen) atoms. The van der Waals surface area contributed by atoms with Crippen molar-refractivity contribution in [3.8, 4) is 0 Å². The van der Waals surface area contributed by atoms with E-state index in [1.807, 2.05) is 0 Å². The molecule has 0 radical (unpaired) electrons. The molecule has 1 rings (SSSR count). The molecule has 0 spiro atoms. The van der Waals surface area contributed by atoms with Crippen LogP contribution in [0.15, 0.2) is 12.3 Å². The lowest BCUT2D eigenvalue weighted by Crippen LogP contribution is -2.34. The summed E-state index contributed by atoms with van der Waals surface area (Å²) in [6.45, 7) is 5.39. The second-order valence-corrected chi connectivity index (χ2v) is 6.56. The van der Waals surface area contributed by atoms with Crippen LogP contribution in [0.4, 0.5) is 4.79 Å². The van der Waals surface area contributed by atoms with E-state index in [0.717, 1.165) is 0 Å². The summed E-state index contributed by atoms with van der Waals surface area (Å²) in [5.41, 5.74) is -0.360. The first-order chi connectivity index (χ1) is 10.1. The molecule has 124 valence electrons. The molecule has 1 heterocycles. The van der Waals surface area contributed by atoms with Gasteiger partial charge in [0.1, 0.15) is 16.9 Å². The maximum Gasteiger partial charge on any atom is 0.407 e. The van der Waals surface area contributed by atoms with Gasteiger partial charge in [0, 0.05) is 18.3 Å². The third-order valence-electron chi connectivity index (χ3n) is 2.62. The van der Waals surface area contributed by atoms with Crippen LogP contribution in [0.5, 0.6) is 0 Å². The zero-order valence-corrected chi connectivity index (χ0v) is 14.1. The Bertz CT molecular complexity index is 520. The molecule has 0 aromatic carbocycles. The van der Waals surface area contributed by atoms with Crippen LogP contribution in [0.2, 0.25) is 10.2 Å². The molecule has 3 N–H and O–H groups in total. The van der Waals surface area contributed by atoms with E-state index in [1.165, 1.54) is 12.3 Å². The van der Waals surface area contributed by atoms with Gasteiger partial charge in [-0.3, -0.25) is 0 Å². The summed E-state index contributed by atoms with van der Waals surface area (Å²) >= 11 is 11.6. The average molecular weight is 351 g/mol. The Morgan fingerprint density at radius 2 is 2.05 bits per heavy atom. The summed E-state index contributed by atoms with van der Waals surface area (Å²) in [5.74, 6) is 0. The number of hydrogen-bond acceptors (Lipinski definition) is 5. The van der Waals surface area contributed by atoms with E-state index in [-0.39, 0.29) is 23.7 Å². The predicted molar refractivity (Wildman–Crippen MR) is 84.1 cm³/mol. The lowest BCUT2D eigenvalue weighted by molar-refractivity contribution is 0.0122. The smallest absolute Gasteiger partial charge is 0.407 e. The second-order valence-electron chi connectivity index (χ2n) is 5.76. The molecule has 2 unspecified atom stereocenters. The fourth-order valence-corrected chi connectivity index (χ4v) is 2.03. The first-order valence-corrected chi connectivity index (χ1v) is 7.49. The number of nitrogens with zero attached hydrogens (tertiary/aromatic N) is 1. The maximum atomic E-state index is 11.5. The largest absolute Gasteiger partial charge is 0.444 e. The highest BCUT2D eigenvalue weighted by atomic mass is 35.5. The molecule has 1 amide bonds. The van der Waals surface area contributed by atoms with Crippen LogP contribution in [0.1, 0.15) is 38.9 Å². The highest BCUT2D eigenvalue weighted by Gasteiger charge is 2.22. The summed E-state index contributed by atoms with van der Waals surface area (Å²) in [6, 6.07) is 1.44. The zero-order valence-electron chi connectivity index (χ0n) is 12.6. The summed E-state index contributed by atoms with van der Waals surface area (Å²) in [6.07, 6.45) is -1.51. The Labute approximate surface area is 139 Å². The predicted octanol–water partition coefficient (Wildman–Crippen LogP) is 2.70. The number of hydrogen-bond donors (Lipinski definition) is 3.